The topological polar surface area (TPSA) is 65.1 Å². The molecule has 0 aliphatic carbocycles. The molecule has 27 heavy (non-hydrogen) atoms. The minimum absolute atomic E-state index is 0.0756. The van der Waals surface area contributed by atoms with E-state index in [0.29, 0.717) is 29.9 Å². The molecule has 0 saturated heterocycles. The van der Waals surface area contributed by atoms with Crippen LogP contribution < -0.4 is 4.90 Å². The van der Waals surface area contributed by atoms with Gasteiger partial charge in [-0.2, -0.15) is 0 Å². The third-order valence-electron chi connectivity index (χ3n) is 4.61. The smallest absolute Gasteiger partial charge is 0.261 e. The molecule has 0 radical (unpaired) electrons. The van der Waals surface area contributed by atoms with Gasteiger partial charge in [-0.1, -0.05) is 25.5 Å². The van der Waals surface area contributed by atoms with Gasteiger partial charge in [0, 0.05) is 11.1 Å². The summed E-state index contributed by atoms with van der Waals surface area (Å²) in [5.41, 5.74) is 2.32. The zero-order valence-electron chi connectivity index (χ0n) is 16.8. The van der Waals surface area contributed by atoms with Crippen molar-refractivity contribution in [3.63, 3.8) is 0 Å². The van der Waals surface area contributed by atoms with Crippen molar-refractivity contribution in [1.29, 1.82) is 0 Å². The zero-order valence-corrected chi connectivity index (χ0v) is 16.8. The number of amides is 2. The van der Waals surface area contributed by atoms with Gasteiger partial charge in [0.1, 0.15) is 0 Å². The Hall–Kier alpha value is -2.02. The Kier molecular flexibility index (Phi) is 7.30. The second-order valence-electron chi connectivity index (χ2n) is 7.35. The van der Waals surface area contributed by atoms with Gasteiger partial charge in [-0.25, -0.2) is 14.7 Å². The van der Waals surface area contributed by atoms with Gasteiger partial charge in [0.25, 0.3) is 11.8 Å². The first-order valence-electron chi connectivity index (χ1n) is 9.30. The van der Waals surface area contributed by atoms with Crippen molar-refractivity contribution in [2.45, 2.75) is 59.5 Å². The second-order valence-corrected chi connectivity index (χ2v) is 7.35. The number of carbonyl (C=O) groups is 2. The molecule has 1 aliphatic heterocycles. The Bertz CT molecular complexity index is 682. The Morgan fingerprint density at radius 3 is 2.15 bits per heavy atom. The van der Waals surface area contributed by atoms with E-state index in [0.717, 1.165) is 18.4 Å². The van der Waals surface area contributed by atoms with E-state index in [1.54, 1.807) is 26.0 Å². The molecule has 0 bridgehead atoms. The Morgan fingerprint density at radius 2 is 1.59 bits per heavy atom. The molecular formula is C21H29NO5. The summed E-state index contributed by atoms with van der Waals surface area (Å²) in [5.74, 6) is -0.506. The number of nitrogens with zero attached hydrogens (tertiary/aromatic N) is 1. The number of anilines is 1. The van der Waals surface area contributed by atoms with Gasteiger partial charge in [-0.15, -0.1) is 0 Å². The molecule has 0 fully saturated rings. The van der Waals surface area contributed by atoms with E-state index in [9.17, 15) is 9.59 Å². The van der Waals surface area contributed by atoms with Crippen molar-refractivity contribution in [2.75, 3.05) is 18.3 Å². The largest absolute Gasteiger partial charge is 0.352 e. The van der Waals surface area contributed by atoms with Crippen LogP contribution in [0.2, 0.25) is 0 Å². The van der Waals surface area contributed by atoms with E-state index in [2.05, 4.69) is 6.92 Å². The standard InChI is InChI=1S/C21H29NO5/c1-6-12-21(4,5)27-26-14-25-13-11-17-7-9-18(10-8-17)22-19(23)15(2)16(3)20(22)24/h7-10H,6,11-14H2,1-5H3. The number of imide groups is 1. The highest BCUT2D eigenvalue weighted by Gasteiger charge is 2.34. The number of hydrogen-bond donors (Lipinski definition) is 0. The summed E-state index contributed by atoms with van der Waals surface area (Å²) in [6.45, 7) is 9.97. The molecule has 6 heteroatoms. The predicted molar refractivity (Wildman–Crippen MR) is 103 cm³/mol. The Balaban J connectivity index is 1.76. The molecule has 0 aromatic heterocycles. The van der Waals surface area contributed by atoms with Gasteiger partial charge in [0.05, 0.1) is 17.9 Å². The van der Waals surface area contributed by atoms with Crippen LogP contribution in [0.5, 0.6) is 0 Å². The average molecular weight is 375 g/mol. The van der Waals surface area contributed by atoms with Crippen molar-refractivity contribution in [2.24, 2.45) is 0 Å². The maximum atomic E-state index is 12.2. The van der Waals surface area contributed by atoms with Gasteiger partial charge in [-0.3, -0.25) is 9.59 Å². The molecule has 0 spiro atoms. The van der Waals surface area contributed by atoms with Crippen LogP contribution in [-0.2, 0) is 30.5 Å². The summed E-state index contributed by atoms with van der Waals surface area (Å²) in [7, 11) is 0. The van der Waals surface area contributed by atoms with Crippen LogP contribution in [0.15, 0.2) is 35.4 Å². The van der Waals surface area contributed by atoms with Crippen LogP contribution in [0.4, 0.5) is 5.69 Å². The number of hydrogen-bond acceptors (Lipinski definition) is 5. The zero-order chi connectivity index (χ0) is 20.0. The molecule has 1 aromatic rings. The van der Waals surface area contributed by atoms with Crippen LogP contribution in [0.1, 0.15) is 53.0 Å². The van der Waals surface area contributed by atoms with Crippen molar-refractivity contribution < 1.29 is 24.1 Å². The van der Waals surface area contributed by atoms with E-state index in [1.165, 1.54) is 4.90 Å². The maximum Gasteiger partial charge on any atom is 0.261 e. The van der Waals surface area contributed by atoms with Gasteiger partial charge in [0.2, 0.25) is 0 Å². The predicted octanol–water partition coefficient (Wildman–Crippen LogP) is 3.94. The van der Waals surface area contributed by atoms with Crippen LogP contribution >= 0.6 is 0 Å². The van der Waals surface area contributed by atoms with Crippen molar-refractivity contribution in [3.8, 4) is 0 Å². The summed E-state index contributed by atoms with van der Waals surface area (Å²) < 4.78 is 5.43. The highest BCUT2D eigenvalue weighted by molar-refractivity contribution is 6.32. The third-order valence-corrected chi connectivity index (χ3v) is 4.61. The normalized spacial score (nSPS) is 15.2. The molecule has 2 rings (SSSR count). The lowest BCUT2D eigenvalue weighted by Gasteiger charge is -2.22. The van der Waals surface area contributed by atoms with E-state index in [-0.39, 0.29) is 24.2 Å². The molecule has 6 nitrogen and oxygen atoms in total. The van der Waals surface area contributed by atoms with E-state index in [1.807, 2.05) is 26.0 Å². The highest BCUT2D eigenvalue weighted by Crippen LogP contribution is 2.26. The second kappa shape index (κ2) is 9.26. The summed E-state index contributed by atoms with van der Waals surface area (Å²) in [4.78, 5) is 36.1. The fourth-order valence-corrected chi connectivity index (χ4v) is 2.90. The number of benzene rings is 1. The van der Waals surface area contributed by atoms with Crippen LogP contribution in [0.25, 0.3) is 0 Å². The van der Waals surface area contributed by atoms with Gasteiger partial charge < -0.3 is 4.74 Å². The first kappa shape index (κ1) is 21.3. The molecule has 0 saturated carbocycles. The quantitative estimate of drug-likeness (QED) is 0.204. The lowest BCUT2D eigenvalue weighted by atomic mass is 10.0. The first-order chi connectivity index (χ1) is 12.8. The monoisotopic (exact) mass is 375 g/mol. The lowest BCUT2D eigenvalue weighted by molar-refractivity contribution is -0.385. The summed E-state index contributed by atoms with van der Waals surface area (Å²) in [5, 5.41) is 0. The number of ether oxygens (including phenoxy) is 1. The lowest BCUT2D eigenvalue weighted by Crippen LogP contribution is -2.31. The third kappa shape index (κ3) is 5.48. The molecule has 1 aromatic carbocycles. The van der Waals surface area contributed by atoms with Crippen molar-refractivity contribution in [3.05, 3.63) is 41.0 Å². The Morgan fingerprint density at radius 1 is 1.00 bits per heavy atom. The van der Waals surface area contributed by atoms with E-state index >= 15 is 0 Å². The first-order valence-corrected chi connectivity index (χ1v) is 9.30. The SMILES string of the molecule is CCCC(C)(C)OOCOCCc1ccc(N2C(=O)C(C)=C(C)C2=O)cc1. The molecule has 148 valence electrons. The van der Waals surface area contributed by atoms with Crippen LogP contribution in [0, 0.1) is 0 Å². The minimum Gasteiger partial charge on any atom is -0.352 e. The number of carbonyl (C=O) groups excluding carboxylic acids is 2. The van der Waals surface area contributed by atoms with Gasteiger partial charge in [0.15, 0.2) is 6.79 Å². The fourth-order valence-electron chi connectivity index (χ4n) is 2.90. The van der Waals surface area contributed by atoms with Crippen molar-refractivity contribution in [1.82, 2.24) is 0 Å². The average Bonchev–Trinajstić information content (AvgIpc) is 2.82. The number of rotatable bonds is 10. The molecule has 0 N–H and O–H groups in total. The maximum absolute atomic E-state index is 12.2. The molecule has 0 atom stereocenters. The van der Waals surface area contributed by atoms with Crippen LogP contribution in [0.3, 0.4) is 0 Å². The van der Waals surface area contributed by atoms with Crippen molar-refractivity contribution >= 4 is 17.5 Å². The summed E-state index contributed by atoms with van der Waals surface area (Å²) >= 11 is 0. The minimum atomic E-state index is -0.316. The molecular weight excluding hydrogens is 346 g/mol. The molecule has 2 amide bonds. The highest BCUT2D eigenvalue weighted by atomic mass is 17.2. The molecule has 1 heterocycles. The summed E-state index contributed by atoms with van der Waals surface area (Å²) in [6, 6.07) is 7.35. The van der Waals surface area contributed by atoms with Gasteiger partial charge in [-0.05, 0) is 58.2 Å². The Labute approximate surface area is 161 Å². The van der Waals surface area contributed by atoms with E-state index < -0.39 is 0 Å². The molecule has 1 aliphatic rings. The van der Waals surface area contributed by atoms with E-state index in [4.69, 9.17) is 14.5 Å². The van der Waals surface area contributed by atoms with Crippen LogP contribution in [-0.4, -0.2) is 30.8 Å². The molecule has 0 unspecified atom stereocenters. The van der Waals surface area contributed by atoms with Gasteiger partial charge >= 0.3 is 0 Å². The summed E-state index contributed by atoms with van der Waals surface area (Å²) in [6.07, 6.45) is 2.63. The fraction of sp³-hybridized carbons (Fsp3) is 0.524.